The van der Waals surface area contributed by atoms with Crippen LogP contribution in [0.4, 0.5) is 0 Å². The predicted molar refractivity (Wildman–Crippen MR) is 75.1 cm³/mol. The van der Waals surface area contributed by atoms with Gasteiger partial charge in [-0.15, -0.1) is 0 Å². The summed E-state index contributed by atoms with van der Waals surface area (Å²) in [5.74, 6) is 0.0894. The Morgan fingerprint density at radius 2 is 1.50 bits per heavy atom. The zero-order valence-corrected chi connectivity index (χ0v) is 11.1. The van der Waals surface area contributed by atoms with Gasteiger partial charge >= 0.3 is 0 Å². The maximum Gasteiger partial charge on any atom is 0.170 e. The van der Waals surface area contributed by atoms with Crippen molar-refractivity contribution in [1.82, 2.24) is 0 Å². The fourth-order valence-corrected chi connectivity index (χ4v) is 2.26. The molecule has 1 heteroatoms. The number of ketones is 1. The van der Waals surface area contributed by atoms with Crippen LogP contribution >= 0.6 is 0 Å². The van der Waals surface area contributed by atoms with Crippen molar-refractivity contribution in [2.45, 2.75) is 26.7 Å². The summed E-state index contributed by atoms with van der Waals surface area (Å²) in [5, 5.41) is 0. The topological polar surface area (TPSA) is 17.1 Å². The maximum absolute atomic E-state index is 12.4. The highest BCUT2D eigenvalue weighted by molar-refractivity contribution is 6.00. The molecular weight excluding hydrogens is 220 g/mol. The highest BCUT2D eigenvalue weighted by Gasteiger charge is 2.17. The largest absolute Gasteiger partial charge is 0.294 e. The standard InChI is InChI=1S/C17H18O/c1-12-9-13(2)11-16(10-12)14(3)17(18)15-7-5-4-6-8-15/h4-11,14H,1-3H3. The van der Waals surface area contributed by atoms with E-state index in [1.165, 1.54) is 11.1 Å². The molecule has 2 aromatic carbocycles. The van der Waals surface area contributed by atoms with E-state index >= 15 is 0 Å². The normalized spacial score (nSPS) is 12.2. The molecule has 0 aliphatic heterocycles. The number of Topliss-reactive ketones (excluding diaryl/α,β-unsaturated/α-hetero) is 1. The Balaban J connectivity index is 2.31. The third-order valence-corrected chi connectivity index (χ3v) is 3.20. The van der Waals surface area contributed by atoms with Crippen LogP contribution in [0.15, 0.2) is 48.5 Å². The van der Waals surface area contributed by atoms with Gasteiger partial charge in [-0.1, -0.05) is 66.6 Å². The van der Waals surface area contributed by atoms with Crippen molar-refractivity contribution in [2.24, 2.45) is 0 Å². The minimum absolute atomic E-state index is 0.0917. The first-order valence-corrected chi connectivity index (χ1v) is 6.25. The Morgan fingerprint density at radius 3 is 2.06 bits per heavy atom. The number of carbonyl (C=O) groups is 1. The summed E-state index contributed by atoms with van der Waals surface area (Å²) in [6.07, 6.45) is 0. The summed E-state index contributed by atoms with van der Waals surface area (Å²) in [6, 6.07) is 15.8. The van der Waals surface area contributed by atoms with Crippen molar-refractivity contribution in [2.75, 3.05) is 0 Å². The Hall–Kier alpha value is -1.89. The van der Waals surface area contributed by atoms with Crippen LogP contribution in [0.1, 0.15) is 39.9 Å². The lowest BCUT2D eigenvalue weighted by atomic mass is 9.90. The molecule has 0 N–H and O–H groups in total. The Morgan fingerprint density at radius 1 is 0.944 bits per heavy atom. The highest BCUT2D eigenvalue weighted by atomic mass is 16.1. The summed E-state index contributed by atoms with van der Waals surface area (Å²) >= 11 is 0. The second-order valence-electron chi connectivity index (χ2n) is 4.87. The Bertz CT molecular complexity index is 535. The second-order valence-corrected chi connectivity index (χ2v) is 4.87. The molecule has 0 saturated carbocycles. The lowest BCUT2D eigenvalue weighted by Crippen LogP contribution is -2.09. The Kier molecular flexibility index (Phi) is 3.61. The number of carbonyl (C=O) groups excluding carboxylic acids is 1. The number of rotatable bonds is 3. The molecule has 2 rings (SSSR count). The summed E-state index contributed by atoms with van der Waals surface area (Å²) in [4.78, 5) is 12.4. The third kappa shape index (κ3) is 2.67. The summed E-state index contributed by atoms with van der Waals surface area (Å²) in [5.41, 5.74) is 4.29. The SMILES string of the molecule is Cc1cc(C)cc(C(C)C(=O)c2ccccc2)c1. The minimum Gasteiger partial charge on any atom is -0.294 e. The summed E-state index contributed by atoms with van der Waals surface area (Å²) in [7, 11) is 0. The van der Waals surface area contributed by atoms with Gasteiger partial charge in [-0.3, -0.25) is 4.79 Å². The van der Waals surface area contributed by atoms with Gasteiger partial charge in [0.2, 0.25) is 0 Å². The number of hydrogen-bond donors (Lipinski definition) is 0. The van der Waals surface area contributed by atoms with Crippen molar-refractivity contribution >= 4 is 5.78 Å². The molecule has 0 aromatic heterocycles. The molecule has 0 fully saturated rings. The van der Waals surface area contributed by atoms with E-state index in [9.17, 15) is 4.79 Å². The zero-order valence-electron chi connectivity index (χ0n) is 11.1. The van der Waals surface area contributed by atoms with Gasteiger partial charge in [-0.2, -0.15) is 0 Å². The van der Waals surface area contributed by atoms with Crippen LogP contribution in [-0.2, 0) is 0 Å². The van der Waals surface area contributed by atoms with Gasteiger partial charge in [0, 0.05) is 11.5 Å². The van der Waals surface area contributed by atoms with Crippen molar-refractivity contribution in [3.63, 3.8) is 0 Å². The van der Waals surface area contributed by atoms with Crippen LogP contribution in [0.2, 0.25) is 0 Å². The van der Waals surface area contributed by atoms with Crippen LogP contribution in [0.5, 0.6) is 0 Å². The van der Waals surface area contributed by atoms with E-state index in [4.69, 9.17) is 0 Å². The van der Waals surface area contributed by atoms with E-state index < -0.39 is 0 Å². The summed E-state index contributed by atoms with van der Waals surface area (Å²) in [6.45, 7) is 6.11. The monoisotopic (exact) mass is 238 g/mol. The molecule has 0 saturated heterocycles. The second kappa shape index (κ2) is 5.18. The molecule has 0 heterocycles. The quantitative estimate of drug-likeness (QED) is 0.729. The van der Waals surface area contributed by atoms with Gasteiger partial charge in [0.1, 0.15) is 0 Å². The molecule has 92 valence electrons. The molecule has 0 spiro atoms. The van der Waals surface area contributed by atoms with Gasteiger partial charge < -0.3 is 0 Å². The van der Waals surface area contributed by atoms with E-state index in [0.29, 0.717) is 0 Å². The van der Waals surface area contributed by atoms with E-state index in [1.807, 2.05) is 37.3 Å². The Labute approximate surface area is 108 Å². The molecule has 1 unspecified atom stereocenters. The van der Waals surface area contributed by atoms with Gasteiger partial charge in [0.15, 0.2) is 5.78 Å². The lowest BCUT2D eigenvalue weighted by Gasteiger charge is -2.12. The zero-order chi connectivity index (χ0) is 13.1. The van der Waals surface area contributed by atoms with Crippen LogP contribution in [0.25, 0.3) is 0 Å². The molecular formula is C17H18O. The van der Waals surface area contributed by atoms with Gasteiger partial charge in [-0.25, -0.2) is 0 Å². The fourth-order valence-electron chi connectivity index (χ4n) is 2.26. The molecule has 1 atom stereocenters. The third-order valence-electron chi connectivity index (χ3n) is 3.20. The average Bonchev–Trinajstić information content (AvgIpc) is 2.37. The molecule has 0 amide bonds. The first kappa shape index (κ1) is 12.6. The maximum atomic E-state index is 12.4. The van der Waals surface area contributed by atoms with Crippen molar-refractivity contribution in [3.05, 3.63) is 70.8 Å². The van der Waals surface area contributed by atoms with Crippen LogP contribution in [0.3, 0.4) is 0 Å². The number of benzene rings is 2. The smallest absolute Gasteiger partial charge is 0.170 e. The van der Waals surface area contributed by atoms with E-state index in [0.717, 1.165) is 11.1 Å². The molecule has 1 nitrogen and oxygen atoms in total. The van der Waals surface area contributed by atoms with Crippen molar-refractivity contribution in [3.8, 4) is 0 Å². The van der Waals surface area contributed by atoms with E-state index in [1.54, 1.807) is 0 Å². The number of aryl methyl sites for hydroxylation is 2. The van der Waals surface area contributed by atoms with E-state index in [-0.39, 0.29) is 11.7 Å². The van der Waals surface area contributed by atoms with Crippen molar-refractivity contribution in [1.29, 1.82) is 0 Å². The van der Waals surface area contributed by atoms with Crippen LogP contribution in [0, 0.1) is 13.8 Å². The minimum atomic E-state index is -0.0917. The van der Waals surface area contributed by atoms with Gasteiger partial charge in [0.25, 0.3) is 0 Å². The van der Waals surface area contributed by atoms with Gasteiger partial charge in [0.05, 0.1) is 0 Å². The van der Waals surface area contributed by atoms with Crippen LogP contribution < -0.4 is 0 Å². The highest BCUT2D eigenvalue weighted by Crippen LogP contribution is 2.22. The predicted octanol–water partition coefficient (Wildman–Crippen LogP) is 4.29. The molecule has 0 aliphatic carbocycles. The van der Waals surface area contributed by atoms with Crippen LogP contribution in [-0.4, -0.2) is 5.78 Å². The van der Waals surface area contributed by atoms with E-state index in [2.05, 4.69) is 32.0 Å². The molecule has 2 aromatic rings. The molecule has 0 bridgehead atoms. The molecule has 0 aliphatic rings. The first-order valence-electron chi connectivity index (χ1n) is 6.25. The summed E-state index contributed by atoms with van der Waals surface area (Å²) < 4.78 is 0. The molecule has 0 radical (unpaired) electrons. The number of hydrogen-bond acceptors (Lipinski definition) is 1. The lowest BCUT2D eigenvalue weighted by molar-refractivity contribution is 0.0966. The average molecular weight is 238 g/mol. The molecule has 18 heavy (non-hydrogen) atoms. The first-order chi connectivity index (χ1) is 8.58. The van der Waals surface area contributed by atoms with Gasteiger partial charge in [-0.05, 0) is 19.4 Å². The van der Waals surface area contributed by atoms with Crippen molar-refractivity contribution < 1.29 is 4.79 Å². The fraction of sp³-hybridized carbons (Fsp3) is 0.235.